The quantitative estimate of drug-likeness (QED) is 0.300. The Labute approximate surface area is 188 Å². The molecule has 0 saturated heterocycles. The van der Waals surface area contributed by atoms with Crippen LogP contribution in [0.5, 0.6) is 0 Å². The number of aromatic nitrogens is 4. The van der Waals surface area contributed by atoms with E-state index in [2.05, 4.69) is 26.4 Å². The Kier molecular flexibility index (Phi) is 4.76. The van der Waals surface area contributed by atoms with Crippen molar-refractivity contribution < 1.29 is 0 Å². The zero-order valence-corrected chi connectivity index (χ0v) is 18.9. The number of hydrogen-bond acceptors (Lipinski definition) is 7. The molecule has 0 spiro atoms. The average molecular weight is 438 g/mol. The van der Waals surface area contributed by atoms with Gasteiger partial charge >= 0.3 is 0 Å². The third-order valence-electron chi connectivity index (χ3n) is 5.29. The first-order chi connectivity index (χ1) is 15.5. The maximum Gasteiger partial charge on any atom is 0.184 e. The van der Waals surface area contributed by atoms with Crippen LogP contribution in [-0.4, -0.2) is 19.6 Å². The molecule has 5 aromatic rings. The van der Waals surface area contributed by atoms with Crippen molar-refractivity contribution in [2.24, 2.45) is 10.2 Å². The molecule has 0 N–H and O–H groups in total. The average Bonchev–Trinajstić information content (AvgIpc) is 3.29. The third kappa shape index (κ3) is 3.24. The van der Waals surface area contributed by atoms with Gasteiger partial charge < -0.3 is 0 Å². The Morgan fingerprint density at radius 2 is 1.72 bits per heavy atom. The Morgan fingerprint density at radius 3 is 2.47 bits per heavy atom. The summed E-state index contributed by atoms with van der Waals surface area (Å²) in [6, 6.07) is 16.2. The summed E-state index contributed by atoms with van der Waals surface area (Å²) >= 11 is 1.34. The van der Waals surface area contributed by atoms with E-state index in [0.29, 0.717) is 21.9 Å². The van der Waals surface area contributed by atoms with Gasteiger partial charge in [-0.25, -0.2) is 14.5 Å². The van der Waals surface area contributed by atoms with Gasteiger partial charge in [0.15, 0.2) is 11.3 Å². The Hall–Kier alpha value is -3.96. The van der Waals surface area contributed by atoms with Crippen LogP contribution in [0.4, 0.5) is 11.4 Å². The van der Waals surface area contributed by atoms with E-state index in [1.807, 2.05) is 70.2 Å². The number of hydrogen-bond donors (Lipinski definition) is 0. The second-order valence-corrected chi connectivity index (χ2v) is 8.67. The lowest BCUT2D eigenvalue weighted by molar-refractivity contribution is 0.879. The van der Waals surface area contributed by atoms with Gasteiger partial charge in [0.1, 0.15) is 21.5 Å². The monoisotopic (exact) mass is 437 g/mol. The molecule has 0 atom stereocenters. The largest absolute Gasteiger partial charge is 0.242 e. The summed E-state index contributed by atoms with van der Waals surface area (Å²) in [5, 5.41) is 24.2. The zero-order chi connectivity index (χ0) is 22.4. The highest BCUT2D eigenvalue weighted by atomic mass is 32.1. The lowest BCUT2D eigenvalue weighted by atomic mass is 10.1. The fraction of sp³-hybridized carbons (Fsp3) is 0.167. The minimum absolute atomic E-state index is 0.494. The third-order valence-corrected chi connectivity index (χ3v) is 6.27. The van der Waals surface area contributed by atoms with Gasteiger partial charge in [0.05, 0.1) is 11.4 Å². The highest BCUT2D eigenvalue weighted by Crippen LogP contribution is 2.40. The van der Waals surface area contributed by atoms with E-state index >= 15 is 0 Å². The van der Waals surface area contributed by atoms with E-state index in [9.17, 15) is 5.26 Å². The molecular formula is C24H19N7S. The van der Waals surface area contributed by atoms with Gasteiger partial charge in [-0.1, -0.05) is 30.3 Å². The van der Waals surface area contributed by atoms with E-state index in [4.69, 9.17) is 4.98 Å². The summed E-state index contributed by atoms with van der Waals surface area (Å²) in [5.41, 5.74) is 7.25. The van der Waals surface area contributed by atoms with Crippen LogP contribution >= 0.6 is 11.3 Å². The number of pyridine rings is 1. The van der Waals surface area contributed by atoms with E-state index in [1.165, 1.54) is 11.3 Å². The first-order valence-corrected chi connectivity index (χ1v) is 10.9. The molecule has 4 heterocycles. The van der Waals surface area contributed by atoms with Gasteiger partial charge in [-0.2, -0.15) is 10.4 Å². The number of benzene rings is 1. The number of nitriles is 1. The minimum Gasteiger partial charge on any atom is -0.242 e. The molecule has 32 heavy (non-hydrogen) atoms. The Bertz CT molecular complexity index is 1570. The second-order valence-electron chi connectivity index (χ2n) is 7.67. The summed E-state index contributed by atoms with van der Waals surface area (Å²) < 4.78 is 1.78. The molecule has 5 rings (SSSR count). The molecule has 156 valence electrons. The number of azo groups is 1. The summed E-state index contributed by atoms with van der Waals surface area (Å²) in [6.45, 7) is 7.82. The predicted octanol–water partition coefficient (Wildman–Crippen LogP) is 6.53. The Morgan fingerprint density at radius 1 is 0.969 bits per heavy atom. The summed E-state index contributed by atoms with van der Waals surface area (Å²) in [5.74, 6) is 0. The fourth-order valence-electron chi connectivity index (χ4n) is 3.83. The lowest BCUT2D eigenvalue weighted by Gasteiger charge is -2.05. The zero-order valence-electron chi connectivity index (χ0n) is 18.1. The Balaban J connectivity index is 1.69. The molecule has 1 aromatic carbocycles. The molecule has 0 radical (unpaired) electrons. The van der Waals surface area contributed by atoms with Gasteiger partial charge in [-0.05, 0) is 45.4 Å². The van der Waals surface area contributed by atoms with Crippen molar-refractivity contribution in [1.82, 2.24) is 19.6 Å². The van der Waals surface area contributed by atoms with Crippen LogP contribution in [0.3, 0.4) is 0 Å². The second kappa shape index (κ2) is 7.62. The van der Waals surface area contributed by atoms with Crippen LogP contribution in [0.1, 0.15) is 27.5 Å². The molecule has 0 amide bonds. The van der Waals surface area contributed by atoms with Crippen LogP contribution in [0.25, 0.3) is 27.1 Å². The van der Waals surface area contributed by atoms with Gasteiger partial charge in [0.2, 0.25) is 0 Å². The smallest absolute Gasteiger partial charge is 0.184 e. The van der Waals surface area contributed by atoms with Crippen LogP contribution in [0.15, 0.2) is 52.7 Å². The molecule has 0 aliphatic heterocycles. The standard InChI is InChI=1S/C24H19N7S/c1-13-10-14(2)26-24-20(13)22(19(12-25)32-24)29-28-21-16(4)30-31-15(3)11-18(27-23(21)31)17-8-6-5-7-9-17/h5-11H,1-4H3. The SMILES string of the molecule is Cc1cc(C)c2c(N=Nc3c(C)nn4c(C)cc(-c5ccccc5)nc34)c(C#N)sc2n1. The summed E-state index contributed by atoms with van der Waals surface area (Å²) in [4.78, 5) is 10.7. The number of rotatable bonds is 3. The molecule has 0 aliphatic rings. The van der Waals surface area contributed by atoms with Gasteiger partial charge in [0.25, 0.3) is 0 Å². The van der Waals surface area contributed by atoms with E-state index in [-0.39, 0.29) is 0 Å². The molecule has 0 saturated carbocycles. The van der Waals surface area contributed by atoms with Gasteiger partial charge in [-0.15, -0.1) is 21.6 Å². The molecule has 0 aliphatic carbocycles. The number of aryl methyl sites for hydroxylation is 4. The van der Waals surface area contributed by atoms with Crippen LogP contribution in [0, 0.1) is 39.0 Å². The van der Waals surface area contributed by atoms with Crippen molar-refractivity contribution in [3.05, 3.63) is 70.0 Å². The number of thiophene rings is 1. The van der Waals surface area contributed by atoms with E-state index < -0.39 is 0 Å². The van der Waals surface area contributed by atoms with Crippen molar-refractivity contribution in [1.29, 1.82) is 5.26 Å². The van der Waals surface area contributed by atoms with Crippen LogP contribution in [-0.2, 0) is 0 Å². The normalized spacial score (nSPS) is 11.6. The molecule has 7 nitrogen and oxygen atoms in total. The van der Waals surface area contributed by atoms with Crippen molar-refractivity contribution in [2.45, 2.75) is 27.7 Å². The lowest BCUT2D eigenvalue weighted by Crippen LogP contribution is -1.97. The summed E-state index contributed by atoms with van der Waals surface area (Å²) in [6.07, 6.45) is 0. The molecular weight excluding hydrogens is 418 g/mol. The topological polar surface area (TPSA) is 91.6 Å². The van der Waals surface area contributed by atoms with E-state index in [1.54, 1.807) is 4.52 Å². The first kappa shape index (κ1) is 20.0. The van der Waals surface area contributed by atoms with Crippen molar-refractivity contribution in [2.75, 3.05) is 0 Å². The first-order valence-electron chi connectivity index (χ1n) is 10.1. The summed E-state index contributed by atoms with van der Waals surface area (Å²) in [7, 11) is 0. The highest BCUT2D eigenvalue weighted by Gasteiger charge is 2.18. The molecule has 0 bridgehead atoms. The van der Waals surface area contributed by atoms with Crippen molar-refractivity contribution in [3.63, 3.8) is 0 Å². The predicted molar refractivity (Wildman–Crippen MR) is 126 cm³/mol. The van der Waals surface area contributed by atoms with Gasteiger partial charge in [0, 0.05) is 22.3 Å². The maximum absolute atomic E-state index is 9.66. The van der Waals surface area contributed by atoms with Crippen molar-refractivity contribution >= 4 is 38.6 Å². The van der Waals surface area contributed by atoms with Gasteiger partial charge in [-0.3, -0.25) is 0 Å². The highest BCUT2D eigenvalue weighted by molar-refractivity contribution is 7.19. The molecule has 4 aromatic heterocycles. The molecule has 0 fully saturated rings. The molecule has 8 heteroatoms. The fourth-order valence-corrected chi connectivity index (χ4v) is 4.85. The van der Waals surface area contributed by atoms with Crippen molar-refractivity contribution in [3.8, 4) is 17.3 Å². The maximum atomic E-state index is 9.66. The van der Waals surface area contributed by atoms with Crippen LogP contribution < -0.4 is 0 Å². The minimum atomic E-state index is 0.494. The van der Waals surface area contributed by atoms with Crippen LogP contribution in [0.2, 0.25) is 0 Å². The number of nitrogens with zero attached hydrogens (tertiary/aromatic N) is 7. The van der Waals surface area contributed by atoms with E-state index in [0.717, 1.165) is 44.1 Å². The number of fused-ring (bicyclic) bond motifs is 2. The molecule has 0 unspecified atom stereocenters.